The molecule has 1 aromatic rings. The van der Waals surface area contributed by atoms with Crippen molar-refractivity contribution in [2.45, 2.75) is 18.8 Å². The average molecular weight is 204 g/mol. The number of hydrogen-bond donors (Lipinski definition) is 0. The maximum atomic E-state index is 13.4. The van der Waals surface area contributed by atoms with Gasteiger partial charge in [0.2, 0.25) is 0 Å². The highest BCUT2D eigenvalue weighted by Crippen LogP contribution is 2.49. The zero-order valence-electron chi connectivity index (χ0n) is 7.24. The highest BCUT2D eigenvalue weighted by Gasteiger charge is 2.48. The fraction of sp³-hybridized carbons (Fsp3) is 0.400. The summed E-state index contributed by atoms with van der Waals surface area (Å²) in [5, 5.41) is 0. The molecule has 0 atom stereocenters. The first-order valence-corrected chi connectivity index (χ1v) is 4.34. The molecule has 4 heteroatoms. The van der Waals surface area contributed by atoms with Gasteiger partial charge in [-0.25, -0.2) is 17.6 Å². The van der Waals surface area contributed by atoms with E-state index in [1.54, 1.807) is 0 Å². The standard InChI is InChI=1S/C10H8F4/c11-8-3-7(4-9(12)5-8)10(13,14)6-1-2-6/h3-6H,1-2H2. The molecule has 0 aliphatic heterocycles. The first-order valence-electron chi connectivity index (χ1n) is 4.34. The van der Waals surface area contributed by atoms with Crippen LogP contribution in [0.15, 0.2) is 18.2 Å². The number of benzene rings is 1. The molecule has 0 radical (unpaired) electrons. The second kappa shape index (κ2) is 2.97. The van der Waals surface area contributed by atoms with Crippen molar-refractivity contribution in [2.24, 2.45) is 5.92 Å². The van der Waals surface area contributed by atoms with Crippen LogP contribution >= 0.6 is 0 Å². The zero-order chi connectivity index (χ0) is 10.3. The van der Waals surface area contributed by atoms with E-state index in [4.69, 9.17) is 0 Å². The van der Waals surface area contributed by atoms with Crippen LogP contribution in [0.3, 0.4) is 0 Å². The molecular weight excluding hydrogens is 196 g/mol. The van der Waals surface area contributed by atoms with Crippen LogP contribution in [0.4, 0.5) is 17.6 Å². The number of hydrogen-bond acceptors (Lipinski definition) is 0. The largest absolute Gasteiger partial charge is 0.276 e. The Morgan fingerprint density at radius 1 is 1.00 bits per heavy atom. The first kappa shape index (κ1) is 9.49. The Morgan fingerprint density at radius 2 is 1.50 bits per heavy atom. The van der Waals surface area contributed by atoms with E-state index in [1.165, 1.54) is 0 Å². The SMILES string of the molecule is Fc1cc(F)cc(C(F)(F)C2CC2)c1. The van der Waals surface area contributed by atoms with Gasteiger partial charge in [0.1, 0.15) is 11.6 Å². The number of rotatable bonds is 2. The molecule has 0 heterocycles. The van der Waals surface area contributed by atoms with E-state index in [-0.39, 0.29) is 0 Å². The molecule has 1 saturated carbocycles. The van der Waals surface area contributed by atoms with E-state index in [9.17, 15) is 17.6 Å². The van der Waals surface area contributed by atoms with Gasteiger partial charge in [0, 0.05) is 17.5 Å². The third-order valence-corrected chi connectivity index (χ3v) is 2.34. The van der Waals surface area contributed by atoms with Crippen LogP contribution in [-0.2, 0) is 5.92 Å². The Hall–Kier alpha value is -1.06. The fourth-order valence-electron chi connectivity index (χ4n) is 1.43. The average Bonchev–Trinajstić information content (AvgIpc) is 2.83. The molecule has 1 aliphatic carbocycles. The van der Waals surface area contributed by atoms with Gasteiger partial charge in [0.15, 0.2) is 0 Å². The van der Waals surface area contributed by atoms with Crippen LogP contribution in [0.2, 0.25) is 0 Å². The fourth-order valence-corrected chi connectivity index (χ4v) is 1.43. The minimum atomic E-state index is -3.09. The van der Waals surface area contributed by atoms with E-state index in [1.807, 2.05) is 0 Å². The third kappa shape index (κ3) is 1.61. The Morgan fingerprint density at radius 3 is 1.93 bits per heavy atom. The van der Waals surface area contributed by atoms with Gasteiger partial charge in [-0.15, -0.1) is 0 Å². The van der Waals surface area contributed by atoms with E-state index in [0.29, 0.717) is 31.0 Å². The van der Waals surface area contributed by atoms with Gasteiger partial charge in [-0.1, -0.05) is 0 Å². The van der Waals surface area contributed by atoms with Crippen LogP contribution in [0.25, 0.3) is 0 Å². The zero-order valence-corrected chi connectivity index (χ0v) is 7.24. The molecule has 0 saturated heterocycles. The smallest absolute Gasteiger partial charge is 0.207 e. The van der Waals surface area contributed by atoms with E-state index >= 15 is 0 Å². The summed E-state index contributed by atoms with van der Waals surface area (Å²) in [6, 6.07) is 1.98. The van der Waals surface area contributed by atoms with Crippen molar-refractivity contribution in [1.82, 2.24) is 0 Å². The summed E-state index contributed by atoms with van der Waals surface area (Å²) in [6.45, 7) is 0. The molecule has 0 unspecified atom stereocenters. The van der Waals surface area contributed by atoms with Gasteiger partial charge in [-0.3, -0.25) is 0 Å². The molecular formula is C10H8F4. The van der Waals surface area contributed by atoms with Crippen molar-refractivity contribution in [2.75, 3.05) is 0 Å². The van der Waals surface area contributed by atoms with Crippen molar-refractivity contribution in [1.29, 1.82) is 0 Å². The van der Waals surface area contributed by atoms with Crippen molar-refractivity contribution in [3.63, 3.8) is 0 Å². The Kier molecular flexibility index (Phi) is 2.01. The van der Waals surface area contributed by atoms with Crippen molar-refractivity contribution < 1.29 is 17.6 Å². The monoisotopic (exact) mass is 204 g/mol. The Balaban J connectivity index is 2.39. The van der Waals surface area contributed by atoms with Crippen LogP contribution < -0.4 is 0 Å². The maximum Gasteiger partial charge on any atom is 0.276 e. The number of alkyl halides is 2. The lowest BCUT2D eigenvalue weighted by molar-refractivity contribution is -0.0290. The molecule has 1 aliphatic rings. The van der Waals surface area contributed by atoms with Gasteiger partial charge in [-0.05, 0) is 25.0 Å². The highest BCUT2D eigenvalue weighted by atomic mass is 19.3. The summed E-state index contributed by atoms with van der Waals surface area (Å²) < 4.78 is 52.1. The Labute approximate surface area is 78.5 Å². The molecule has 0 amide bonds. The lowest BCUT2D eigenvalue weighted by Gasteiger charge is -2.15. The van der Waals surface area contributed by atoms with Crippen LogP contribution in [0.1, 0.15) is 18.4 Å². The summed E-state index contributed by atoms with van der Waals surface area (Å²) in [6.07, 6.45) is 0.844. The summed E-state index contributed by atoms with van der Waals surface area (Å²) in [5.41, 5.74) is -0.558. The predicted octanol–water partition coefficient (Wildman–Crippen LogP) is 3.47. The van der Waals surface area contributed by atoms with Gasteiger partial charge in [0.25, 0.3) is 5.92 Å². The minimum absolute atomic E-state index is 0.422. The molecule has 0 N–H and O–H groups in total. The van der Waals surface area contributed by atoms with Crippen molar-refractivity contribution in [3.8, 4) is 0 Å². The number of halogens is 4. The molecule has 14 heavy (non-hydrogen) atoms. The third-order valence-electron chi connectivity index (χ3n) is 2.34. The quantitative estimate of drug-likeness (QED) is 0.647. The van der Waals surface area contributed by atoms with Gasteiger partial charge in [-0.2, -0.15) is 0 Å². The van der Waals surface area contributed by atoms with E-state index in [0.717, 1.165) is 0 Å². The van der Waals surface area contributed by atoms with E-state index in [2.05, 4.69) is 0 Å². The molecule has 1 aromatic carbocycles. The van der Waals surface area contributed by atoms with Crippen molar-refractivity contribution in [3.05, 3.63) is 35.4 Å². The van der Waals surface area contributed by atoms with Gasteiger partial charge < -0.3 is 0 Å². The van der Waals surface area contributed by atoms with Gasteiger partial charge >= 0.3 is 0 Å². The lowest BCUT2D eigenvalue weighted by Crippen LogP contribution is -2.16. The molecule has 76 valence electrons. The molecule has 0 spiro atoms. The molecule has 0 nitrogen and oxygen atoms in total. The highest BCUT2D eigenvalue weighted by molar-refractivity contribution is 5.24. The van der Waals surface area contributed by atoms with Crippen LogP contribution in [0, 0.1) is 17.6 Å². The first-order chi connectivity index (χ1) is 6.50. The van der Waals surface area contributed by atoms with Crippen molar-refractivity contribution >= 4 is 0 Å². The summed E-state index contributed by atoms with van der Waals surface area (Å²) >= 11 is 0. The Bertz CT molecular complexity index is 335. The minimum Gasteiger partial charge on any atom is -0.207 e. The molecule has 0 aromatic heterocycles. The van der Waals surface area contributed by atoms with E-state index < -0.39 is 29.0 Å². The molecule has 1 fully saturated rings. The van der Waals surface area contributed by atoms with Crippen LogP contribution in [0.5, 0.6) is 0 Å². The normalized spacial score (nSPS) is 17.1. The second-order valence-electron chi connectivity index (χ2n) is 3.56. The van der Waals surface area contributed by atoms with Crippen LogP contribution in [-0.4, -0.2) is 0 Å². The summed E-state index contributed by atoms with van der Waals surface area (Å²) in [7, 11) is 0. The lowest BCUT2D eigenvalue weighted by atomic mass is 10.0. The molecule has 2 rings (SSSR count). The predicted molar refractivity (Wildman–Crippen MR) is 43.0 cm³/mol. The maximum absolute atomic E-state index is 13.4. The summed E-state index contributed by atoms with van der Waals surface area (Å²) in [5.74, 6) is -5.76. The topological polar surface area (TPSA) is 0 Å². The summed E-state index contributed by atoms with van der Waals surface area (Å²) in [4.78, 5) is 0. The van der Waals surface area contributed by atoms with Gasteiger partial charge in [0.05, 0.1) is 0 Å². The molecule has 0 bridgehead atoms. The second-order valence-corrected chi connectivity index (χ2v) is 3.56.